The van der Waals surface area contributed by atoms with E-state index in [1.165, 1.54) is 4.70 Å². The largest absolute Gasteiger partial charge is 0.236 e. The molecule has 5 aromatic carbocycles. The minimum atomic E-state index is 0.639. The third kappa shape index (κ3) is 3.96. The van der Waals surface area contributed by atoms with Crippen molar-refractivity contribution in [2.75, 3.05) is 0 Å². The molecule has 0 unspecified atom stereocenters. The van der Waals surface area contributed by atoms with Crippen LogP contribution in [0.2, 0.25) is 0 Å². The Morgan fingerprint density at radius 3 is 1.51 bits per heavy atom. The summed E-state index contributed by atoms with van der Waals surface area (Å²) >= 11 is 1.72. The van der Waals surface area contributed by atoms with E-state index < -0.39 is 0 Å². The molecule has 174 valence electrons. The van der Waals surface area contributed by atoms with Gasteiger partial charge in [0.25, 0.3) is 0 Å². The van der Waals surface area contributed by atoms with Crippen molar-refractivity contribution in [1.29, 1.82) is 0 Å². The topological polar surface area (TPSA) is 51.6 Å². The molecule has 2 aromatic heterocycles. The predicted molar refractivity (Wildman–Crippen MR) is 152 cm³/mol. The van der Waals surface area contributed by atoms with Crippen LogP contribution >= 0.6 is 11.3 Å². The van der Waals surface area contributed by atoms with E-state index in [1.807, 2.05) is 78.9 Å². The first-order chi connectivity index (χ1) is 18.3. The second kappa shape index (κ2) is 9.04. The number of rotatable bonds is 4. The molecule has 7 aromatic rings. The van der Waals surface area contributed by atoms with Gasteiger partial charge in [-0.2, -0.15) is 0 Å². The third-order valence-corrected chi connectivity index (χ3v) is 7.51. The number of thiazole rings is 1. The third-order valence-electron chi connectivity index (χ3n) is 6.36. The highest BCUT2D eigenvalue weighted by Gasteiger charge is 2.18. The monoisotopic (exact) mass is 492 g/mol. The molecule has 5 heteroatoms. The fraction of sp³-hybridized carbons (Fsp3) is 0. The van der Waals surface area contributed by atoms with Gasteiger partial charge in [-0.3, -0.25) is 0 Å². The summed E-state index contributed by atoms with van der Waals surface area (Å²) in [7, 11) is 0. The molecule has 7 rings (SSSR count). The highest BCUT2D eigenvalue weighted by Crippen LogP contribution is 2.39. The first kappa shape index (κ1) is 21.5. The number of fused-ring (bicyclic) bond motifs is 3. The van der Waals surface area contributed by atoms with Gasteiger partial charge in [-0.1, -0.05) is 115 Å². The molecule has 0 fully saturated rings. The van der Waals surface area contributed by atoms with Gasteiger partial charge in [-0.15, -0.1) is 11.3 Å². The smallest absolute Gasteiger partial charge is 0.164 e. The van der Waals surface area contributed by atoms with Crippen LogP contribution in [0.15, 0.2) is 121 Å². The van der Waals surface area contributed by atoms with Gasteiger partial charge in [0.05, 0.1) is 10.2 Å². The Hall–Kier alpha value is -4.74. The van der Waals surface area contributed by atoms with E-state index in [0.29, 0.717) is 17.5 Å². The number of nitrogens with zero attached hydrogens (tertiary/aromatic N) is 4. The summed E-state index contributed by atoms with van der Waals surface area (Å²) in [6.07, 6.45) is 0. The van der Waals surface area contributed by atoms with Crippen LogP contribution in [-0.2, 0) is 0 Å². The molecule has 37 heavy (non-hydrogen) atoms. The lowest BCUT2D eigenvalue weighted by atomic mass is 10.0. The SMILES string of the molecule is c1ccc(-c2nc(-c3ccccc3)nc(-c3cc4nc(-c5ccccc5)sc4c4ccccc34)n2)cc1. The first-order valence-corrected chi connectivity index (χ1v) is 12.9. The van der Waals surface area contributed by atoms with Crippen molar-refractivity contribution in [3.05, 3.63) is 121 Å². The van der Waals surface area contributed by atoms with Gasteiger partial charge in [-0.25, -0.2) is 19.9 Å². The zero-order valence-corrected chi connectivity index (χ0v) is 20.6. The highest BCUT2D eigenvalue weighted by atomic mass is 32.1. The molecular formula is C32H20N4S. The Bertz CT molecular complexity index is 1810. The summed E-state index contributed by atoms with van der Waals surface area (Å²) in [4.78, 5) is 19.8. The molecule has 0 saturated heterocycles. The van der Waals surface area contributed by atoms with Crippen LogP contribution in [0.4, 0.5) is 0 Å². The summed E-state index contributed by atoms with van der Waals surface area (Å²) in [5.74, 6) is 1.94. The Morgan fingerprint density at radius 2 is 0.919 bits per heavy atom. The van der Waals surface area contributed by atoms with Gasteiger partial charge in [-0.05, 0) is 11.5 Å². The summed E-state index contributed by atoms with van der Waals surface area (Å²) < 4.78 is 1.17. The van der Waals surface area contributed by atoms with Crippen molar-refractivity contribution in [2.45, 2.75) is 0 Å². The summed E-state index contributed by atoms with van der Waals surface area (Å²) in [5, 5.41) is 3.25. The van der Waals surface area contributed by atoms with Crippen LogP contribution in [0, 0.1) is 0 Å². The molecule has 0 aliphatic carbocycles. The van der Waals surface area contributed by atoms with Gasteiger partial charge in [0.1, 0.15) is 5.01 Å². The van der Waals surface area contributed by atoms with Crippen LogP contribution in [0.1, 0.15) is 0 Å². The van der Waals surface area contributed by atoms with Crippen molar-refractivity contribution < 1.29 is 0 Å². The van der Waals surface area contributed by atoms with E-state index in [2.05, 4.69) is 42.5 Å². The average molecular weight is 493 g/mol. The van der Waals surface area contributed by atoms with E-state index in [9.17, 15) is 0 Å². The Morgan fingerprint density at radius 1 is 0.432 bits per heavy atom. The molecule has 0 atom stereocenters. The molecule has 0 saturated carbocycles. The molecule has 0 aliphatic rings. The summed E-state index contributed by atoms with van der Waals surface area (Å²) in [6, 6.07) is 41.0. The molecule has 4 nitrogen and oxygen atoms in total. The molecule has 0 aliphatic heterocycles. The normalized spacial score (nSPS) is 11.2. The van der Waals surface area contributed by atoms with Crippen LogP contribution in [0.3, 0.4) is 0 Å². The van der Waals surface area contributed by atoms with Crippen molar-refractivity contribution in [1.82, 2.24) is 19.9 Å². The maximum atomic E-state index is 5.03. The van der Waals surface area contributed by atoms with Gasteiger partial charge >= 0.3 is 0 Å². The zero-order chi connectivity index (χ0) is 24.6. The maximum Gasteiger partial charge on any atom is 0.164 e. The van der Waals surface area contributed by atoms with Crippen molar-refractivity contribution in [3.63, 3.8) is 0 Å². The predicted octanol–water partition coefficient (Wildman–Crippen LogP) is 8.30. The van der Waals surface area contributed by atoms with E-state index in [0.717, 1.165) is 43.6 Å². The van der Waals surface area contributed by atoms with Crippen LogP contribution in [-0.4, -0.2) is 19.9 Å². The second-order valence-corrected chi connectivity index (χ2v) is 9.74. The summed E-state index contributed by atoms with van der Waals surface area (Å²) in [6.45, 7) is 0. The van der Waals surface area contributed by atoms with Crippen LogP contribution in [0.5, 0.6) is 0 Å². The van der Waals surface area contributed by atoms with Gasteiger partial charge < -0.3 is 0 Å². The van der Waals surface area contributed by atoms with Crippen molar-refractivity contribution in [3.8, 4) is 44.7 Å². The number of aromatic nitrogens is 4. The molecular weight excluding hydrogens is 472 g/mol. The Balaban J connectivity index is 1.50. The molecule has 0 radical (unpaired) electrons. The average Bonchev–Trinajstić information content (AvgIpc) is 3.43. The van der Waals surface area contributed by atoms with E-state index in [-0.39, 0.29) is 0 Å². The molecule has 0 N–H and O–H groups in total. The van der Waals surface area contributed by atoms with Crippen LogP contribution in [0.25, 0.3) is 65.7 Å². The van der Waals surface area contributed by atoms with E-state index in [1.54, 1.807) is 11.3 Å². The van der Waals surface area contributed by atoms with E-state index >= 15 is 0 Å². The van der Waals surface area contributed by atoms with E-state index in [4.69, 9.17) is 19.9 Å². The maximum absolute atomic E-state index is 5.03. The van der Waals surface area contributed by atoms with Crippen molar-refractivity contribution >= 4 is 32.3 Å². The number of hydrogen-bond donors (Lipinski definition) is 0. The fourth-order valence-corrected chi connectivity index (χ4v) is 5.66. The molecule has 0 bridgehead atoms. The second-order valence-electron chi connectivity index (χ2n) is 8.74. The Kier molecular flexibility index (Phi) is 5.26. The van der Waals surface area contributed by atoms with Crippen molar-refractivity contribution in [2.24, 2.45) is 0 Å². The first-order valence-electron chi connectivity index (χ1n) is 12.1. The van der Waals surface area contributed by atoms with Gasteiger partial charge in [0.2, 0.25) is 0 Å². The lowest BCUT2D eigenvalue weighted by Gasteiger charge is -2.10. The lowest BCUT2D eigenvalue weighted by Crippen LogP contribution is -2.00. The van der Waals surface area contributed by atoms with Gasteiger partial charge in [0, 0.05) is 27.6 Å². The minimum absolute atomic E-state index is 0.639. The highest BCUT2D eigenvalue weighted by molar-refractivity contribution is 7.22. The molecule has 2 heterocycles. The number of benzene rings is 5. The fourth-order valence-electron chi connectivity index (χ4n) is 4.57. The van der Waals surface area contributed by atoms with Gasteiger partial charge in [0.15, 0.2) is 17.5 Å². The molecule has 0 spiro atoms. The zero-order valence-electron chi connectivity index (χ0n) is 19.7. The molecule has 0 amide bonds. The Labute approximate surface area is 218 Å². The van der Waals surface area contributed by atoms with Crippen LogP contribution < -0.4 is 0 Å². The summed E-state index contributed by atoms with van der Waals surface area (Å²) in [5.41, 5.74) is 4.92. The minimum Gasteiger partial charge on any atom is -0.236 e. The lowest BCUT2D eigenvalue weighted by molar-refractivity contribution is 1.08. The standard InChI is InChI=1S/C32H20N4S/c1-4-12-21(13-5-1)29-34-30(22-14-6-2-7-15-22)36-31(35-29)26-20-27-28(25-19-11-10-18-24(25)26)37-32(33-27)23-16-8-3-9-17-23/h1-20H. The number of hydrogen-bond acceptors (Lipinski definition) is 5. The quantitative estimate of drug-likeness (QED) is 0.248.